The number of benzene rings is 1. The summed E-state index contributed by atoms with van der Waals surface area (Å²) in [7, 11) is 0. The fraction of sp³-hybridized carbons (Fsp3) is 0.133. The molecule has 3 amide bonds. The van der Waals surface area contributed by atoms with Crippen molar-refractivity contribution >= 4 is 29.1 Å². The molecule has 0 saturated carbocycles. The summed E-state index contributed by atoms with van der Waals surface area (Å²) in [6.45, 7) is 1.98. The van der Waals surface area contributed by atoms with Crippen molar-refractivity contribution in [1.82, 2.24) is 10.3 Å². The second kappa shape index (κ2) is 5.36. The third kappa shape index (κ3) is 2.20. The van der Waals surface area contributed by atoms with E-state index in [0.29, 0.717) is 16.0 Å². The highest BCUT2D eigenvalue weighted by Crippen LogP contribution is 2.28. The summed E-state index contributed by atoms with van der Waals surface area (Å²) >= 11 is 1.28. The Bertz CT molecular complexity index is 762. The van der Waals surface area contributed by atoms with Gasteiger partial charge in [0.1, 0.15) is 0 Å². The second-order valence-corrected chi connectivity index (χ2v) is 6.16. The summed E-state index contributed by atoms with van der Waals surface area (Å²) in [5, 5.41) is 0. The summed E-state index contributed by atoms with van der Waals surface area (Å²) in [6.07, 6.45) is 0. The van der Waals surface area contributed by atoms with Crippen LogP contribution in [0.25, 0.3) is 0 Å². The number of nitrogen functional groups attached to an aromatic ring is 1. The SMILES string of the molecule is Cc1sc(C(=O)NN)cc1CN1C(=O)c2ccccc2C1=O. The van der Waals surface area contributed by atoms with Crippen molar-refractivity contribution in [3.63, 3.8) is 0 Å². The molecule has 0 unspecified atom stereocenters. The predicted molar refractivity (Wildman–Crippen MR) is 81.4 cm³/mol. The van der Waals surface area contributed by atoms with E-state index >= 15 is 0 Å². The molecule has 0 spiro atoms. The maximum atomic E-state index is 12.3. The Labute approximate surface area is 130 Å². The van der Waals surface area contributed by atoms with Gasteiger partial charge in [0, 0.05) is 4.88 Å². The normalized spacial score (nSPS) is 13.5. The Balaban J connectivity index is 1.89. The number of imide groups is 1. The lowest BCUT2D eigenvalue weighted by molar-refractivity contribution is 0.0642. The first kappa shape index (κ1) is 14.4. The number of nitrogens with one attached hydrogen (secondary N) is 1. The number of carbonyl (C=O) groups excluding carboxylic acids is 3. The van der Waals surface area contributed by atoms with Gasteiger partial charge in [0.05, 0.1) is 22.5 Å². The number of fused-ring (bicyclic) bond motifs is 1. The Morgan fingerprint density at radius 1 is 1.23 bits per heavy atom. The molecule has 0 radical (unpaired) electrons. The van der Waals surface area contributed by atoms with Crippen LogP contribution in [0.2, 0.25) is 0 Å². The molecule has 3 rings (SSSR count). The zero-order valence-corrected chi connectivity index (χ0v) is 12.6. The molecule has 0 fully saturated rings. The third-order valence-corrected chi connectivity index (χ3v) is 4.67. The molecule has 6 nitrogen and oxygen atoms in total. The van der Waals surface area contributed by atoms with Crippen LogP contribution < -0.4 is 11.3 Å². The van der Waals surface area contributed by atoms with Gasteiger partial charge in [-0.1, -0.05) is 12.1 Å². The van der Waals surface area contributed by atoms with Crippen LogP contribution in [0.1, 0.15) is 40.8 Å². The number of thiophene rings is 1. The number of amides is 3. The lowest BCUT2D eigenvalue weighted by Crippen LogP contribution is -2.30. The van der Waals surface area contributed by atoms with Crippen LogP contribution >= 0.6 is 11.3 Å². The van der Waals surface area contributed by atoms with Crippen molar-refractivity contribution < 1.29 is 14.4 Å². The largest absolute Gasteiger partial charge is 0.289 e. The van der Waals surface area contributed by atoms with Crippen molar-refractivity contribution in [3.8, 4) is 0 Å². The first-order valence-electron chi connectivity index (χ1n) is 6.58. The fourth-order valence-electron chi connectivity index (χ4n) is 2.41. The maximum absolute atomic E-state index is 12.3. The average Bonchev–Trinajstić information content (AvgIpc) is 3.01. The average molecular weight is 315 g/mol. The number of aryl methyl sites for hydroxylation is 1. The highest BCUT2D eigenvalue weighted by molar-refractivity contribution is 7.14. The molecule has 1 aromatic carbocycles. The topological polar surface area (TPSA) is 92.5 Å². The van der Waals surface area contributed by atoms with Crippen LogP contribution in [0.3, 0.4) is 0 Å². The van der Waals surface area contributed by atoms with Gasteiger partial charge in [0.15, 0.2) is 0 Å². The summed E-state index contributed by atoms with van der Waals surface area (Å²) in [6, 6.07) is 8.40. The molecule has 0 atom stereocenters. The van der Waals surface area contributed by atoms with E-state index in [2.05, 4.69) is 5.43 Å². The highest BCUT2D eigenvalue weighted by Gasteiger charge is 2.35. The Morgan fingerprint density at radius 3 is 2.36 bits per heavy atom. The standard InChI is InChI=1S/C15H13N3O3S/c1-8-9(6-12(22-8)13(19)17-16)7-18-14(20)10-4-2-3-5-11(10)15(18)21/h2-6H,7,16H2,1H3,(H,17,19). The van der Waals surface area contributed by atoms with E-state index in [9.17, 15) is 14.4 Å². The Morgan fingerprint density at radius 2 is 1.82 bits per heavy atom. The number of nitrogens with two attached hydrogens (primary N) is 1. The van der Waals surface area contributed by atoms with Crippen LogP contribution in [0.15, 0.2) is 30.3 Å². The van der Waals surface area contributed by atoms with Gasteiger partial charge >= 0.3 is 0 Å². The quantitative estimate of drug-likeness (QED) is 0.388. The van der Waals surface area contributed by atoms with Gasteiger partial charge in [-0.3, -0.25) is 24.7 Å². The molecule has 3 N–H and O–H groups in total. The van der Waals surface area contributed by atoms with Gasteiger partial charge in [-0.05, 0) is 30.7 Å². The number of nitrogens with zero attached hydrogens (tertiary/aromatic N) is 1. The van der Waals surface area contributed by atoms with E-state index < -0.39 is 0 Å². The maximum Gasteiger partial charge on any atom is 0.275 e. The monoisotopic (exact) mass is 315 g/mol. The molecule has 1 aliphatic rings. The first-order valence-corrected chi connectivity index (χ1v) is 7.40. The Hall–Kier alpha value is -2.51. The number of carbonyl (C=O) groups is 3. The molecule has 22 heavy (non-hydrogen) atoms. The zero-order valence-electron chi connectivity index (χ0n) is 11.8. The van der Waals surface area contributed by atoms with Crippen molar-refractivity contribution in [3.05, 3.63) is 56.8 Å². The van der Waals surface area contributed by atoms with Crippen molar-refractivity contribution in [1.29, 1.82) is 0 Å². The molecule has 112 valence electrons. The van der Waals surface area contributed by atoms with Gasteiger partial charge in [0.2, 0.25) is 0 Å². The molecular formula is C15H13N3O3S. The minimum Gasteiger partial charge on any atom is -0.289 e. The molecule has 1 aromatic heterocycles. The lowest BCUT2D eigenvalue weighted by atomic mass is 10.1. The lowest BCUT2D eigenvalue weighted by Gasteiger charge is -2.13. The van der Waals surface area contributed by atoms with Gasteiger partial charge in [-0.25, -0.2) is 5.84 Å². The van der Waals surface area contributed by atoms with Crippen LogP contribution in [0.5, 0.6) is 0 Å². The predicted octanol–water partition coefficient (Wildman–Crippen LogP) is 1.46. The minimum absolute atomic E-state index is 0.145. The van der Waals surface area contributed by atoms with E-state index in [1.807, 2.05) is 6.92 Å². The third-order valence-electron chi connectivity index (χ3n) is 3.58. The van der Waals surface area contributed by atoms with Gasteiger partial charge in [0.25, 0.3) is 17.7 Å². The molecule has 1 aliphatic heterocycles. The van der Waals surface area contributed by atoms with Gasteiger partial charge < -0.3 is 0 Å². The highest BCUT2D eigenvalue weighted by atomic mass is 32.1. The molecule has 2 heterocycles. The smallest absolute Gasteiger partial charge is 0.275 e. The minimum atomic E-state index is -0.387. The van der Waals surface area contributed by atoms with Gasteiger partial charge in [-0.15, -0.1) is 11.3 Å². The number of hydrogen-bond donors (Lipinski definition) is 2. The summed E-state index contributed by atoms with van der Waals surface area (Å²) in [5.74, 6) is 4.11. The van der Waals surface area contributed by atoms with Crippen molar-refractivity contribution in [2.45, 2.75) is 13.5 Å². The molecule has 0 saturated heterocycles. The van der Waals surface area contributed by atoms with Crippen LogP contribution in [0.4, 0.5) is 0 Å². The fourth-order valence-corrected chi connectivity index (χ4v) is 3.35. The number of hydrazine groups is 1. The zero-order chi connectivity index (χ0) is 15.9. The van der Waals surface area contributed by atoms with Crippen LogP contribution in [-0.4, -0.2) is 22.6 Å². The summed E-state index contributed by atoms with van der Waals surface area (Å²) in [4.78, 5) is 38.7. The summed E-state index contributed by atoms with van der Waals surface area (Å²) < 4.78 is 0. The van der Waals surface area contributed by atoms with Crippen molar-refractivity contribution in [2.24, 2.45) is 5.84 Å². The van der Waals surface area contributed by atoms with E-state index in [1.54, 1.807) is 30.3 Å². The second-order valence-electron chi connectivity index (χ2n) is 4.91. The van der Waals surface area contributed by atoms with Crippen LogP contribution in [0, 0.1) is 6.92 Å². The molecular weight excluding hydrogens is 302 g/mol. The molecule has 2 aromatic rings. The number of hydrogen-bond acceptors (Lipinski definition) is 5. The number of rotatable bonds is 3. The van der Waals surface area contributed by atoms with Gasteiger partial charge in [-0.2, -0.15) is 0 Å². The van der Waals surface area contributed by atoms with E-state index in [-0.39, 0.29) is 24.3 Å². The molecule has 7 heteroatoms. The summed E-state index contributed by atoms with van der Waals surface area (Å²) in [5.41, 5.74) is 3.67. The van der Waals surface area contributed by atoms with E-state index in [4.69, 9.17) is 5.84 Å². The first-order chi connectivity index (χ1) is 10.5. The van der Waals surface area contributed by atoms with E-state index in [0.717, 1.165) is 10.4 Å². The Kier molecular flexibility index (Phi) is 3.51. The van der Waals surface area contributed by atoms with Crippen LogP contribution in [-0.2, 0) is 6.54 Å². The van der Waals surface area contributed by atoms with Crippen molar-refractivity contribution in [2.75, 3.05) is 0 Å². The van der Waals surface area contributed by atoms with E-state index in [1.165, 1.54) is 16.2 Å². The molecule has 0 bridgehead atoms. The molecule has 0 aliphatic carbocycles.